The number of terminal acetylenes is 1. The van der Waals surface area contributed by atoms with Gasteiger partial charge >= 0.3 is 0 Å². The van der Waals surface area contributed by atoms with Gasteiger partial charge in [-0.15, -0.1) is 6.42 Å². The molecule has 1 aliphatic heterocycles. The minimum Gasteiger partial charge on any atom is -0.493 e. The lowest BCUT2D eigenvalue weighted by molar-refractivity contribution is 0.0951. The molecule has 156 valence electrons. The average molecular weight is 408 g/mol. The molecule has 1 aliphatic rings. The van der Waals surface area contributed by atoms with Gasteiger partial charge in [0.1, 0.15) is 0 Å². The lowest BCUT2D eigenvalue weighted by Crippen LogP contribution is -2.27. The zero-order valence-electron chi connectivity index (χ0n) is 17.2. The van der Waals surface area contributed by atoms with E-state index in [0.717, 1.165) is 18.6 Å². The summed E-state index contributed by atoms with van der Waals surface area (Å²) in [7, 11) is 4.89. The molecule has 1 saturated heterocycles. The number of hydrogen-bond acceptors (Lipinski definition) is 6. The van der Waals surface area contributed by atoms with Crippen LogP contribution in [0.4, 0.5) is 5.82 Å². The molecule has 1 aromatic heterocycles. The Balaban J connectivity index is 1.87. The number of nitrogens with zero attached hydrogens (tertiary/aromatic N) is 2. The highest BCUT2D eigenvalue weighted by atomic mass is 16.6. The highest BCUT2D eigenvalue weighted by Crippen LogP contribution is 2.27. The summed E-state index contributed by atoms with van der Waals surface area (Å²) in [6.07, 6.45) is 6.38. The maximum atomic E-state index is 12.6. The number of rotatable bonds is 8. The number of hydrogen-bond donors (Lipinski definition) is 2. The number of benzene rings is 1. The molecule has 2 N–H and O–H groups in total. The van der Waals surface area contributed by atoms with E-state index in [1.807, 2.05) is 6.07 Å². The van der Waals surface area contributed by atoms with Gasteiger partial charge in [0.2, 0.25) is 0 Å². The van der Waals surface area contributed by atoms with Crippen LogP contribution in [-0.4, -0.2) is 55.5 Å². The van der Waals surface area contributed by atoms with Gasteiger partial charge in [-0.05, 0) is 30.5 Å². The first kappa shape index (κ1) is 21.1. The highest BCUT2D eigenvalue weighted by Gasteiger charge is 2.23. The van der Waals surface area contributed by atoms with Crippen LogP contribution in [0.1, 0.15) is 28.3 Å². The van der Waals surface area contributed by atoms with Crippen molar-refractivity contribution in [2.45, 2.75) is 12.5 Å². The van der Waals surface area contributed by atoms with Crippen LogP contribution >= 0.6 is 0 Å². The van der Waals surface area contributed by atoms with Gasteiger partial charge in [0.15, 0.2) is 28.8 Å². The number of imidazole rings is 1. The zero-order chi connectivity index (χ0) is 21.5. The number of aromatic nitrogens is 2. The summed E-state index contributed by atoms with van der Waals surface area (Å²) in [4.78, 5) is 17.1. The smallest absolute Gasteiger partial charge is 0.272 e. The molecule has 2 aromatic rings. The number of ether oxygens (including phenoxy) is 3. The summed E-state index contributed by atoms with van der Waals surface area (Å²) in [5.41, 5.74) is 1.10. The lowest BCUT2D eigenvalue weighted by atomic mass is 10.2. The van der Waals surface area contributed by atoms with Crippen molar-refractivity contribution < 1.29 is 19.0 Å². The van der Waals surface area contributed by atoms with Gasteiger partial charge in [0.25, 0.3) is 5.91 Å². The van der Waals surface area contributed by atoms with Gasteiger partial charge in [-0.2, -0.15) is 0 Å². The number of amides is 1. The van der Waals surface area contributed by atoms with Crippen molar-refractivity contribution in [2.24, 2.45) is 7.05 Å². The van der Waals surface area contributed by atoms with Gasteiger partial charge < -0.3 is 29.4 Å². The van der Waals surface area contributed by atoms with Crippen molar-refractivity contribution in [1.29, 1.82) is 0 Å². The quantitative estimate of drug-likeness (QED) is 0.507. The standard InChI is InChI=1S/C22H24N4O4/c1-5-11-24-22(27)20-21(23-12-10-16-14-30-16)25-19(26(20)2)9-7-15-6-8-17(28-3)18(13-15)29-4/h1,6,8,13,16,23H,10-12,14H2,2-4H3,(H,24,27). The molecule has 0 bridgehead atoms. The predicted octanol–water partition coefficient (Wildman–Crippen LogP) is 1.40. The Labute approximate surface area is 175 Å². The first-order valence-corrected chi connectivity index (χ1v) is 9.45. The molecule has 3 rings (SSSR count). The Morgan fingerprint density at radius 3 is 2.77 bits per heavy atom. The third-order valence-electron chi connectivity index (χ3n) is 4.52. The molecule has 1 atom stereocenters. The molecular formula is C22H24N4O4. The number of methoxy groups -OCH3 is 2. The first-order valence-electron chi connectivity index (χ1n) is 9.45. The summed E-state index contributed by atoms with van der Waals surface area (Å²) in [6.45, 7) is 1.55. The minimum absolute atomic E-state index is 0.131. The summed E-state index contributed by atoms with van der Waals surface area (Å²) in [5, 5.41) is 5.88. The molecule has 1 unspecified atom stereocenters. The van der Waals surface area contributed by atoms with E-state index < -0.39 is 0 Å². The third-order valence-corrected chi connectivity index (χ3v) is 4.52. The normalized spacial score (nSPS) is 14.1. The van der Waals surface area contributed by atoms with Gasteiger partial charge in [-0.25, -0.2) is 4.98 Å². The van der Waals surface area contributed by atoms with Crippen molar-refractivity contribution >= 4 is 11.7 Å². The van der Waals surface area contributed by atoms with Crippen LogP contribution in [0.15, 0.2) is 18.2 Å². The maximum Gasteiger partial charge on any atom is 0.272 e. The Bertz CT molecular complexity index is 1020. The van der Waals surface area contributed by atoms with E-state index in [1.165, 1.54) is 0 Å². The number of carbonyl (C=O) groups excluding carboxylic acids is 1. The van der Waals surface area contributed by atoms with Gasteiger partial charge in [0, 0.05) is 19.2 Å². The fraction of sp³-hybridized carbons (Fsp3) is 0.364. The topological polar surface area (TPSA) is 89.9 Å². The second kappa shape index (κ2) is 9.73. The van der Waals surface area contributed by atoms with E-state index in [2.05, 4.69) is 33.4 Å². The molecule has 2 heterocycles. The summed E-state index contributed by atoms with van der Waals surface area (Å²) < 4.78 is 17.4. The maximum absolute atomic E-state index is 12.6. The van der Waals surface area contributed by atoms with E-state index in [1.54, 1.807) is 38.0 Å². The minimum atomic E-state index is -0.313. The largest absolute Gasteiger partial charge is 0.493 e. The molecule has 1 aromatic carbocycles. The van der Waals surface area contributed by atoms with E-state index in [4.69, 9.17) is 20.6 Å². The number of nitrogens with one attached hydrogen (secondary N) is 2. The molecule has 8 nitrogen and oxygen atoms in total. The fourth-order valence-corrected chi connectivity index (χ4v) is 2.84. The van der Waals surface area contributed by atoms with Crippen molar-refractivity contribution in [3.8, 4) is 35.7 Å². The predicted molar refractivity (Wildman–Crippen MR) is 113 cm³/mol. The van der Waals surface area contributed by atoms with Gasteiger partial charge in [0.05, 0.1) is 33.5 Å². The molecule has 0 radical (unpaired) electrons. The van der Waals surface area contributed by atoms with Crippen LogP contribution in [0.3, 0.4) is 0 Å². The fourth-order valence-electron chi connectivity index (χ4n) is 2.84. The van der Waals surface area contributed by atoms with E-state index >= 15 is 0 Å². The van der Waals surface area contributed by atoms with Crippen molar-refractivity contribution in [3.63, 3.8) is 0 Å². The highest BCUT2D eigenvalue weighted by molar-refractivity contribution is 5.97. The van der Waals surface area contributed by atoms with E-state index in [-0.39, 0.29) is 18.6 Å². The second-order valence-electron chi connectivity index (χ2n) is 6.57. The number of epoxide rings is 1. The number of carbonyl (C=O) groups is 1. The Hall–Kier alpha value is -3.62. The molecule has 0 spiro atoms. The Morgan fingerprint density at radius 2 is 2.10 bits per heavy atom. The SMILES string of the molecule is C#CCNC(=O)c1c(NCCC2CO2)nc(C#Cc2ccc(OC)c(OC)c2)n1C. The van der Waals surface area contributed by atoms with Crippen LogP contribution in [0.25, 0.3) is 0 Å². The monoisotopic (exact) mass is 408 g/mol. The molecular weight excluding hydrogens is 384 g/mol. The van der Waals surface area contributed by atoms with E-state index in [9.17, 15) is 4.79 Å². The Kier molecular flexibility index (Phi) is 6.84. The van der Waals surface area contributed by atoms with Crippen LogP contribution in [0.5, 0.6) is 11.5 Å². The average Bonchev–Trinajstić information content (AvgIpc) is 3.53. The van der Waals surface area contributed by atoms with Crippen molar-refractivity contribution in [3.05, 3.63) is 35.3 Å². The molecule has 30 heavy (non-hydrogen) atoms. The number of anilines is 1. The molecule has 1 fully saturated rings. The third kappa shape index (κ3) is 5.05. The molecule has 0 saturated carbocycles. The molecule has 0 aliphatic carbocycles. The van der Waals surface area contributed by atoms with Crippen molar-refractivity contribution in [1.82, 2.24) is 14.9 Å². The zero-order valence-corrected chi connectivity index (χ0v) is 17.2. The Morgan fingerprint density at radius 1 is 1.33 bits per heavy atom. The lowest BCUT2D eigenvalue weighted by Gasteiger charge is -2.07. The van der Waals surface area contributed by atoms with Crippen molar-refractivity contribution in [2.75, 3.05) is 39.2 Å². The van der Waals surface area contributed by atoms with Gasteiger partial charge in [-0.3, -0.25) is 4.79 Å². The van der Waals surface area contributed by atoms with Crippen LogP contribution in [0, 0.1) is 24.2 Å². The first-order chi connectivity index (χ1) is 14.6. The van der Waals surface area contributed by atoms with E-state index in [0.29, 0.717) is 35.4 Å². The molecule has 1 amide bonds. The van der Waals surface area contributed by atoms with Crippen LogP contribution < -0.4 is 20.1 Å². The summed E-state index contributed by atoms with van der Waals surface area (Å²) in [6, 6.07) is 5.39. The van der Waals surface area contributed by atoms with Crippen LogP contribution in [0.2, 0.25) is 0 Å². The summed E-state index contributed by atoms with van der Waals surface area (Å²) in [5.74, 6) is 10.3. The summed E-state index contributed by atoms with van der Waals surface area (Å²) >= 11 is 0. The second-order valence-corrected chi connectivity index (χ2v) is 6.57. The molecule has 8 heteroatoms. The van der Waals surface area contributed by atoms with Gasteiger partial charge in [-0.1, -0.05) is 11.8 Å². The van der Waals surface area contributed by atoms with Crippen LogP contribution in [-0.2, 0) is 11.8 Å².